The van der Waals surface area contributed by atoms with E-state index in [4.69, 9.17) is 11.0 Å². The van der Waals surface area contributed by atoms with Gasteiger partial charge in [-0.15, -0.1) is 0 Å². The van der Waals surface area contributed by atoms with E-state index in [-0.39, 0.29) is 30.8 Å². The molecule has 2 amide bonds. The molecule has 1 aliphatic rings. The number of amides is 2. The summed E-state index contributed by atoms with van der Waals surface area (Å²) >= 11 is 0. The summed E-state index contributed by atoms with van der Waals surface area (Å²) in [6, 6.07) is 2.15. The van der Waals surface area contributed by atoms with E-state index >= 15 is 0 Å². The van der Waals surface area contributed by atoms with E-state index < -0.39 is 11.3 Å². The van der Waals surface area contributed by atoms with Gasteiger partial charge in [-0.1, -0.05) is 13.8 Å². The van der Waals surface area contributed by atoms with E-state index in [1.54, 1.807) is 0 Å². The van der Waals surface area contributed by atoms with Crippen LogP contribution in [0.5, 0.6) is 0 Å². The van der Waals surface area contributed by atoms with E-state index in [2.05, 4.69) is 11.4 Å². The molecule has 3 N–H and O–H groups in total. The molecular formula is C15H26N4O2. The number of nitrogens with two attached hydrogens (primary N) is 1. The van der Waals surface area contributed by atoms with Gasteiger partial charge in [0.25, 0.3) is 0 Å². The van der Waals surface area contributed by atoms with Crippen LogP contribution in [0.4, 0.5) is 0 Å². The van der Waals surface area contributed by atoms with E-state index in [1.165, 1.54) is 0 Å². The molecule has 2 atom stereocenters. The van der Waals surface area contributed by atoms with E-state index in [1.807, 2.05) is 25.7 Å². The predicted molar refractivity (Wildman–Crippen MR) is 80.0 cm³/mol. The van der Waals surface area contributed by atoms with Crippen LogP contribution in [-0.4, -0.2) is 41.9 Å². The zero-order valence-electron chi connectivity index (χ0n) is 13.2. The van der Waals surface area contributed by atoms with Crippen molar-refractivity contribution in [2.24, 2.45) is 11.1 Å². The van der Waals surface area contributed by atoms with Crippen molar-refractivity contribution in [3.05, 3.63) is 0 Å². The number of carbonyl (C=O) groups excluding carboxylic acids is 2. The van der Waals surface area contributed by atoms with Crippen LogP contribution in [0, 0.1) is 16.7 Å². The Bertz CT molecular complexity index is 422. The first kappa shape index (κ1) is 17.4. The molecule has 0 bridgehead atoms. The molecule has 1 heterocycles. The van der Waals surface area contributed by atoms with Crippen molar-refractivity contribution >= 4 is 11.8 Å². The highest BCUT2D eigenvalue weighted by Crippen LogP contribution is 2.27. The minimum Gasteiger partial charge on any atom is -0.370 e. The Hall–Kier alpha value is -1.61. The number of nitrogens with zero attached hydrogens (tertiary/aromatic N) is 2. The van der Waals surface area contributed by atoms with Crippen molar-refractivity contribution in [2.75, 3.05) is 13.1 Å². The van der Waals surface area contributed by atoms with E-state index in [9.17, 15) is 9.59 Å². The van der Waals surface area contributed by atoms with Crippen molar-refractivity contribution in [2.45, 2.75) is 58.5 Å². The highest BCUT2D eigenvalue weighted by molar-refractivity contribution is 5.80. The molecule has 1 saturated heterocycles. The summed E-state index contributed by atoms with van der Waals surface area (Å²) in [4.78, 5) is 25.6. The van der Waals surface area contributed by atoms with E-state index in [0.29, 0.717) is 6.42 Å². The molecule has 0 saturated carbocycles. The van der Waals surface area contributed by atoms with Gasteiger partial charge in [0.1, 0.15) is 0 Å². The Morgan fingerprint density at radius 3 is 2.62 bits per heavy atom. The molecule has 0 radical (unpaired) electrons. The van der Waals surface area contributed by atoms with Gasteiger partial charge >= 0.3 is 0 Å². The second-order valence-corrected chi connectivity index (χ2v) is 6.64. The van der Waals surface area contributed by atoms with Gasteiger partial charge in [0.2, 0.25) is 11.8 Å². The largest absolute Gasteiger partial charge is 0.370 e. The number of carbonyl (C=O) groups is 2. The van der Waals surface area contributed by atoms with Crippen LogP contribution >= 0.6 is 0 Å². The molecule has 1 rings (SSSR count). The molecule has 118 valence electrons. The van der Waals surface area contributed by atoms with Crippen molar-refractivity contribution in [1.82, 2.24) is 10.2 Å². The molecule has 1 fully saturated rings. The Kier molecular flexibility index (Phi) is 6.16. The number of nitrogens with one attached hydrogen (secondary N) is 1. The van der Waals surface area contributed by atoms with Gasteiger partial charge in [0.15, 0.2) is 0 Å². The first-order chi connectivity index (χ1) is 9.76. The molecule has 6 nitrogen and oxygen atoms in total. The molecule has 0 spiro atoms. The number of hydrogen-bond donors (Lipinski definition) is 2. The Morgan fingerprint density at radius 1 is 1.48 bits per heavy atom. The lowest BCUT2D eigenvalue weighted by molar-refractivity contribution is -0.138. The standard InChI is InChI=1S/C15H26N4O2/c1-11(4-6-16)19(12-5-7-18-10-12)14(21)9-15(2,3)8-13(17)20/h11-12,18H,4-5,7-10H2,1-3H3,(H2,17,20). The predicted octanol–water partition coefficient (Wildman–Crippen LogP) is 0.771. The molecule has 6 heteroatoms. The first-order valence-corrected chi connectivity index (χ1v) is 7.44. The minimum absolute atomic E-state index is 0.00213. The third-order valence-electron chi connectivity index (χ3n) is 3.86. The van der Waals surface area contributed by atoms with Crippen LogP contribution in [0.25, 0.3) is 0 Å². The SMILES string of the molecule is CC(CC#N)N(C(=O)CC(C)(C)CC(N)=O)C1CCNC1. The maximum absolute atomic E-state index is 12.7. The molecule has 0 aromatic rings. The first-order valence-electron chi connectivity index (χ1n) is 7.44. The van der Waals surface area contributed by atoms with Crippen molar-refractivity contribution < 1.29 is 9.59 Å². The lowest BCUT2D eigenvalue weighted by Gasteiger charge is -2.36. The highest BCUT2D eigenvalue weighted by atomic mass is 16.2. The summed E-state index contributed by atoms with van der Waals surface area (Å²) in [5.41, 5.74) is 4.78. The van der Waals surface area contributed by atoms with Crippen LogP contribution in [0.15, 0.2) is 0 Å². The Morgan fingerprint density at radius 2 is 2.14 bits per heavy atom. The monoisotopic (exact) mass is 294 g/mol. The maximum atomic E-state index is 12.7. The summed E-state index contributed by atoms with van der Waals surface area (Å²) in [6.07, 6.45) is 1.67. The van der Waals surface area contributed by atoms with Gasteiger partial charge in [-0.2, -0.15) is 5.26 Å². The van der Waals surface area contributed by atoms with Crippen LogP contribution < -0.4 is 11.1 Å². The van der Waals surface area contributed by atoms with Gasteiger partial charge in [-0.25, -0.2) is 0 Å². The molecule has 21 heavy (non-hydrogen) atoms. The van der Waals surface area contributed by atoms with Gasteiger partial charge in [0.05, 0.1) is 12.5 Å². The minimum atomic E-state index is -0.459. The molecule has 2 unspecified atom stereocenters. The molecule has 0 aromatic heterocycles. The van der Waals surface area contributed by atoms with Gasteiger partial charge in [-0.3, -0.25) is 9.59 Å². The highest BCUT2D eigenvalue weighted by Gasteiger charge is 2.34. The lowest BCUT2D eigenvalue weighted by atomic mass is 9.84. The zero-order valence-corrected chi connectivity index (χ0v) is 13.2. The molecule has 0 aliphatic carbocycles. The van der Waals surface area contributed by atoms with Crippen LogP contribution in [0.1, 0.15) is 46.5 Å². The van der Waals surface area contributed by atoms with Gasteiger partial charge in [-0.05, 0) is 25.3 Å². The number of rotatable bonds is 7. The fourth-order valence-corrected chi connectivity index (χ4v) is 2.95. The third-order valence-corrected chi connectivity index (χ3v) is 3.86. The number of hydrogen-bond acceptors (Lipinski definition) is 4. The molecule has 1 aliphatic heterocycles. The van der Waals surface area contributed by atoms with Crippen LogP contribution in [0.2, 0.25) is 0 Å². The topological polar surface area (TPSA) is 99.2 Å². The van der Waals surface area contributed by atoms with Crippen LogP contribution in [-0.2, 0) is 9.59 Å². The molecule has 0 aromatic carbocycles. The molecular weight excluding hydrogens is 268 g/mol. The summed E-state index contributed by atoms with van der Waals surface area (Å²) in [5.74, 6) is -0.398. The van der Waals surface area contributed by atoms with Crippen molar-refractivity contribution in [3.8, 4) is 6.07 Å². The average molecular weight is 294 g/mol. The van der Waals surface area contributed by atoms with E-state index in [0.717, 1.165) is 19.5 Å². The second kappa shape index (κ2) is 7.41. The summed E-state index contributed by atoms with van der Waals surface area (Å²) in [6.45, 7) is 7.29. The Balaban J connectivity index is 2.80. The smallest absolute Gasteiger partial charge is 0.223 e. The quantitative estimate of drug-likeness (QED) is 0.724. The number of nitriles is 1. The normalized spacial score (nSPS) is 19.8. The second-order valence-electron chi connectivity index (χ2n) is 6.64. The fourth-order valence-electron chi connectivity index (χ4n) is 2.95. The van der Waals surface area contributed by atoms with Crippen molar-refractivity contribution in [1.29, 1.82) is 5.26 Å². The summed E-state index contributed by atoms with van der Waals surface area (Å²) in [7, 11) is 0. The third kappa shape index (κ3) is 5.35. The maximum Gasteiger partial charge on any atom is 0.223 e. The van der Waals surface area contributed by atoms with Gasteiger partial charge < -0.3 is 16.0 Å². The van der Waals surface area contributed by atoms with Crippen molar-refractivity contribution in [3.63, 3.8) is 0 Å². The zero-order chi connectivity index (χ0) is 16.0. The fraction of sp³-hybridized carbons (Fsp3) is 0.800. The van der Waals surface area contributed by atoms with Crippen LogP contribution in [0.3, 0.4) is 0 Å². The lowest BCUT2D eigenvalue weighted by Crippen LogP contribution is -2.48. The van der Waals surface area contributed by atoms with Gasteiger partial charge in [0, 0.05) is 31.5 Å². The summed E-state index contributed by atoms with van der Waals surface area (Å²) in [5, 5.41) is 12.1. The Labute approximate surface area is 126 Å². The number of primary amides is 1. The summed E-state index contributed by atoms with van der Waals surface area (Å²) < 4.78 is 0. The average Bonchev–Trinajstić information content (AvgIpc) is 2.80.